The Hall–Kier alpha value is -2.94. The number of hydrogen-bond acceptors (Lipinski definition) is 5. The summed E-state index contributed by atoms with van der Waals surface area (Å²) in [5.41, 5.74) is 1.45. The Labute approximate surface area is 159 Å². The molecule has 6 nitrogen and oxygen atoms in total. The Morgan fingerprint density at radius 2 is 2.04 bits per heavy atom. The van der Waals surface area contributed by atoms with Gasteiger partial charge in [-0.15, -0.1) is 0 Å². The molecule has 0 spiro atoms. The van der Waals surface area contributed by atoms with Crippen LogP contribution in [0.25, 0.3) is 10.9 Å². The lowest BCUT2D eigenvalue weighted by molar-refractivity contribution is -0.141. The number of rotatable bonds is 10. The summed E-state index contributed by atoms with van der Waals surface area (Å²) in [5, 5.41) is 12.9. The molecule has 0 aliphatic heterocycles. The summed E-state index contributed by atoms with van der Waals surface area (Å²) in [6.45, 7) is 1.82. The number of carbonyl (C=O) groups excluding carboxylic acids is 2. The number of nitrogens with one attached hydrogen (secondary N) is 1. The van der Waals surface area contributed by atoms with Crippen LogP contribution in [0.2, 0.25) is 0 Å². The standard InChI is InChI=1S/C21H25N3O3/c1-16(25)27-14-4-2-3-7-17(11-12-22)15-20(26)24-19-10-5-8-18-9-6-13-23-21(18)19/h5-6,8-10,13,17H,2-4,7,11,14-15H2,1H3,(H,24,26). The number of nitrogens with zero attached hydrogens (tertiary/aromatic N) is 2. The maximum atomic E-state index is 12.4. The van der Waals surface area contributed by atoms with Gasteiger partial charge in [0, 0.05) is 31.3 Å². The molecule has 0 fully saturated rings. The van der Waals surface area contributed by atoms with E-state index in [0.29, 0.717) is 25.1 Å². The molecule has 1 amide bonds. The number of hydrogen-bond donors (Lipinski definition) is 1. The summed E-state index contributed by atoms with van der Waals surface area (Å²) >= 11 is 0. The van der Waals surface area contributed by atoms with Gasteiger partial charge >= 0.3 is 5.97 Å². The number of para-hydroxylation sites is 1. The predicted molar refractivity (Wildman–Crippen MR) is 104 cm³/mol. The Morgan fingerprint density at radius 1 is 1.22 bits per heavy atom. The van der Waals surface area contributed by atoms with Gasteiger partial charge in [0.05, 0.1) is 23.9 Å². The van der Waals surface area contributed by atoms with Gasteiger partial charge in [-0.25, -0.2) is 0 Å². The maximum Gasteiger partial charge on any atom is 0.302 e. The number of anilines is 1. The highest BCUT2D eigenvalue weighted by molar-refractivity contribution is 6.00. The van der Waals surface area contributed by atoms with E-state index in [9.17, 15) is 9.59 Å². The number of unbranched alkanes of at least 4 members (excludes halogenated alkanes) is 2. The molecule has 1 aromatic heterocycles. The quantitative estimate of drug-likeness (QED) is 0.501. The number of nitriles is 1. The Balaban J connectivity index is 1.83. The fourth-order valence-electron chi connectivity index (χ4n) is 3.00. The lowest BCUT2D eigenvalue weighted by atomic mass is 9.94. The monoisotopic (exact) mass is 367 g/mol. The first-order chi connectivity index (χ1) is 13.1. The summed E-state index contributed by atoms with van der Waals surface area (Å²) < 4.78 is 4.90. The van der Waals surface area contributed by atoms with Crippen molar-refractivity contribution in [3.63, 3.8) is 0 Å². The smallest absolute Gasteiger partial charge is 0.302 e. The molecule has 1 heterocycles. The first-order valence-electron chi connectivity index (χ1n) is 9.24. The van der Waals surface area contributed by atoms with Crippen LogP contribution in [0.1, 0.15) is 45.4 Å². The number of esters is 1. The van der Waals surface area contributed by atoms with Crippen molar-refractivity contribution >= 4 is 28.5 Å². The second kappa shape index (κ2) is 10.9. The summed E-state index contributed by atoms with van der Waals surface area (Å²) in [6.07, 6.45) is 5.76. The van der Waals surface area contributed by atoms with Gasteiger partial charge in [-0.2, -0.15) is 5.26 Å². The van der Waals surface area contributed by atoms with Gasteiger partial charge in [-0.05, 0) is 30.9 Å². The van der Waals surface area contributed by atoms with Crippen molar-refractivity contribution in [3.05, 3.63) is 36.5 Å². The number of ether oxygens (including phenoxy) is 1. The van der Waals surface area contributed by atoms with Crippen LogP contribution in [-0.2, 0) is 14.3 Å². The molecule has 0 aliphatic rings. The molecule has 2 rings (SSSR count). The number of carbonyl (C=O) groups is 2. The zero-order chi connectivity index (χ0) is 19.5. The number of amides is 1. The van der Waals surface area contributed by atoms with Crippen LogP contribution >= 0.6 is 0 Å². The Kier molecular flexibility index (Phi) is 8.24. The largest absolute Gasteiger partial charge is 0.466 e. The van der Waals surface area contributed by atoms with Crippen molar-refractivity contribution in [1.29, 1.82) is 5.26 Å². The normalized spacial score (nSPS) is 11.6. The summed E-state index contributed by atoms with van der Waals surface area (Å²) in [6, 6.07) is 11.7. The van der Waals surface area contributed by atoms with Crippen LogP contribution in [0.5, 0.6) is 0 Å². The Morgan fingerprint density at radius 3 is 2.81 bits per heavy atom. The van der Waals surface area contributed by atoms with Crippen molar-refractivity contribution in [3.8, 4) is 6.07 Å². The van der Waals surface area contributed by atoms with Gasteiger partial charge in [0.25, 0.3) is 0 Å². The number of fused-ring (bicyclic) bond motifs is 1. The molecule has 142 valence electrons. The van der Waals surface area contributed by atoms with E-state index in [-0.39, 0.29) is 17.8 Å². The number of benzene rings is 1. The zero-order valence-electron chi connectivity index (χ0n) is 15.6. The molecular weight excluding hydrogens is 342 g/mol. The number of pyridine rings is 1. The first-order valence-corrected chi connectivity index (χ1v) is 9.24. The number of aromatic nitrogens is 1. The zero-order valence-corrected chi connectivity index (χ0v) is 15.6. The molecule has 0 saturated carbocycles. The lowest BCUT2D eigenvalue weighted by Crippen LogP contribution is -2.17. The highest BCUT2D eigenvalue weighted by atomic mass is 16.5. The highest BCUT2D eigenvalue weighted by Gasteiger charge is 2.15. The molecule has 0 saturated heterocycles. The van der Waals surface area contributed by atoms with E-state index in [4.69, 9.17) is 10.00 Å². The van der Waals surface area contributed by atoms with Gasteiger partial charge in [0.1, 0.15) is 0 Å². The van der Waals surface area contributed by atoms with Gasteiger partial charge in [0.2, 0.25) is 5.91 Å². The topological polar surface area (TPSA) is 92.1 Å². The van der Waals surface area contributed by atoms with Crippen LogP contribution in [0.15, 0.2) is 36.5 Å². The molecule has 1 unspecified atom stereocenters. The fourth-order valence-corrected chi connectivity index (χ4v) is 3.00. The average molecular weight is 367 g/mol. The minimum atomic E-state index is -0.267. The summed E-state index contributed by atoms with van der Waals surface area (Å²) in [7, 11) is 0. The third kappa shape index (κ3) is 7.06. The van der Waals surface area contributed by atoms with Crippen LogP contribution in [-0.4, -0.2) is 23.5 Å². The second-order valence-electron chi connectivity index (χ2n) is 6.55. The van der Waals surface area contributed by atoms with E-state index < -0.39 is 0 Å². The molecule has 1 atom stereocenters. The third-order valence-corrected chi connectivity index (χ3v) is 4.32. The van der Waals surface area contributed by atoms with E-state index in [0.717, 1.165) is 36.6 Å². The highest BCUT2D eigenvalue weighted by Crippen LogP contribution is 2.23. The van der Waals surface area contributed by atoms with Crippen LogP contribution in [0.3, 0.4) is 0 Å². The second-order valence-corrected chi connectivity index (χ2v) is 6.55. The van der Waals surface area contributed by atoms with Crippen molar-refractivity contribution in [2.75, 3.05) is 11.9 Å². The fraction of sp³-hybridized carbons (Fsp3) is 0.429. The van der Waals surface area contributed by atoms with E-state index in [1.54, 1.807) is 6.20 Å². The van der Waals surface area contributed by atoms with E-state index in [1.165, 1.54) is 6.92 Å². The maximum absolute atomic E-state index is 12.4. The minimum Gasteiger partial charge on any atom is -0.466 e. The summed E-state index contributed by atoms with van der Waals surface area (Å²) in [4.78, 5) is 27.5. The van der Waals surface area contributed by atoms with E-state index in [2.05, 4.69) is 16.4 Å². The van der Waals surface area contributed by atoms with Crippen molar-refractivity contribution in [2.45, 2.75) is 45.4 Å². The molecule has 0 aliphatic carbocycles. The van der Waals surface area contributed by atoms with Crippen molar-refractivity contribution in [1.82, 2.24) is 4.98 Å². The molecule has 2 aromatic rings. The molecule has 1 aromatic carbocycles. The average Bonchev–Trinajstić information content (AvgIpc) is 2.64. The molecule has 0 radical (unpaired) electrons. The molecule has 6 heteroatoms. The van der Waals surface area contributed by atoms with Gasteiger partial charge in [-0.1, -0.05) is 31.0 Å². The van der Waals surface area contributed by atoms with E-state index in [1.807, 2.05) is 30.3 Å². The van der Waals surface area contributed by atoms with Crippen LogP contribution < -0.4 is 5.32 Å². The van der Waals surface area contributed by atoms with Gasteiger partial charge < -0.3 is 10.1 Å². The molecule has 27 heavy (non-hydrogen) atoms. The van der Waals surface area contributed by atoms with Gasteiger partial charge in [-0.3, -0.25) is 14.6 Å². The van der Waals surface area contributed by atoms with Crippen molar-refractivity contribution in [2.24, 2.45) is 5.92 Å². The summed E-state index contributed by atoms with van der Waals surface area (Å²) in [5.74, 6) is -0.350. The Bertz CT molecular complexity index is 808. The molecule has 0 bridgehead atoms. The predicted octanol–water partition coefficient (Wildman–Crippen LogP) is 4.22. The van der Waals surface area contributed by atoms with Crippen LogP contribution in [0.4, 0.5) is 5.69 Å². The SMILES string of the molecule is CC(=O)OCCCCCC(CC#N)CC(=O)Nc1cccc2cccnc12. The van der Waals surface area contributed by atoms with E-state index >= 15 is 0 Å². The lowest BCUT2D eigenvalue weighted by Gasteiger charge is -2.14. The first kappa shape index (κ1) is 20.4. The van der Waals surface area contributed by atoms with Crippen LogP contribution in [0, 0.1) is 17.2 Å². The molecule has 1 N–H and O–H groups in total. The third-order valence-electron chi connectivity index (χ3n) is 4.32. The van der Waals surface area contributed by atoms with Crippen molar-refractivity contribution < 1.29 is 14.3 Å². The van der Waals surface area contributed by atoms with Gasteiger partial charge in [0.15, 0.2) is 0 Å². The molecular formula is C21H25N3O3. The minimum absolute atomic E-state index is 0.0201.